The summed E-state index contributed by atoms with van der Waals surface area (Å²) in [7, 11) is -4.28. The zero-order valence-corrected chi connectivity index (χ0v) is 24.9. The normalized spacial score (nSPS) is 11.9. The van der Waals surface area contributed by atoms with Gasteiger partial charge in [0, 0.05) is 19.5 Å². The van der Waals surface area contributed by atoms with Gasteiger partial charge in [0.25, 0.3) is 10.0 Å². The van der Waals surface area contributed by atoms with Crippen LogP contribution in [0.4, 0.5) is 10.1 Å². The molecule has 9 heteroatoms. The first kappa shape index (κ1) is 31.4. The monoisotopic (exact) mass is 601 g/mol. The molecule has 43 heavy (non-hydrogen) atoms. The van der Waals surface area contributed by atoms with Crippen molar-refractivity contribution in [2.24, 2.45) is 0 Å². The van der Waals surface area contributed by atoms with Gasteiger partial charge in [-0.05, 0) is 53.9 Å². The van der Waals surface area contributed by atoms with Crippen LogP contribution in [0.5, 0.6) is 0 Å². The van der Waals surface area contributed by atoms with Crippen LogP contribution in [-0.4, -0.2) is 44.3 Å². The van der Waals surface area contributed by atoms with Gasteiger partial charge in [0.05, 0.1) is 10.6 Å². The molecule has 0 radical (unpaired) electrons. The van der Waals surface area contributed by atoms with Crippen molar-refractivity contribution >= 4 is 27.5 Å². The smallest absolute Gasteiger partial charge is 0.264 e. The Hall–Kier alpha value is -4.50. The number of amides is 2. The highest BCUT2D eigenvalue weighted by Crippen LogP contribution is 2.25. The first-order chi connectivity index (χ1) is 20.8. The van der Waals surface area contributed by atoms with Crippen molar-refractivity contribution in [3.8, 4) is 0 Å². The molecule has 0 aliphatic heterocycles. The van der Waals surface area contributed by atoms with Crippen LogP contribution in [0.3, 0.4) is 0 Å². The topological polar surface area (TPSA) is 86.8 Å². The Bertz CT molecular complexity index is 1570. The number of benzene rings is 4. The van der Waals surface area contributed by atoms with Crippen molar-refractivity contribution in [1.82, 2.24) is 10.2 Å². The minimum absolute atomic E-state index is 0.0948. The first-order valence-electron chi connectivity index (χ1n) is 14.3. The number of halogens is 1. The summed E-state index contributed by atoms with van der Waals surface area (Å²) in [4.78, 5) is 29.3. The molecule has 0 aliphatic carbocycles. The van der Waals surface area contributed by atoms with Crippen LogP contribution in [0, 0.1) is 5.82 Å². The largest absolute Gasteiger partial charge is 0.354 e. The van der Waals surface area contributed by atoms with Crippen molar-refractivity contribution in [2.75, 3.05) is 17.4 Å². The Morgan fingerprint density at radius 1 is 0.791 bits per heavy atom. The number of anilines is 1. The van der Waals surface area contributed by atoms with Crippen LogP contribution >= 0.6 is 0 Å². The second kappa shape index (κ2) is 15.1. The van der Waals surface area contributed by atoms with E-state index in [9.17, 15) is 22.4 Å². The van der Waals surface area contributed by atoms with Gasteiger partial charge in [-0.15, -0.1) is 0 Å². The second-order valence-electron chi connectivity index (χ2n) is 10.2. The Balaban J connectivity index is 1.75. The molecule has 1 N–H and O–H groups in total. The van der Waals surface area contributed by atoms with Gasteiger partial charge in [-0.25, -0.2) is 12.8 Å². The number of carbonyl (C=O) groups excluding carboxylic acids is 2. The Labute approximate surface area is 253 Å². The SMILES string of the molecule is CCCCNC(=O)[C@H](Cc1ccccc1)N(Cc1ccccc1)C(=O)CN(c1ccccc1)S(=O)(=O)c1ccc(F)cc1. The lowest BCUT2D eigenvalue weighted by Gasteiger charge is -2.34. The highest BCUT2D eigenvalue weighted by atomic mass is 32.2. The van der Waals surface area contributed by atoms with Gasteiger partial charge in [0.2, 0.25) is 11.8 Å². The van der Waals surface area contributed by atoms with Gasteiger partial charge in [-0.2, -0.15) is 0 Å². The molecular formula is C34H36FN3O4S. The predicted octanol–water partition coefficient (Wildman–Crippen LogP) is 5.58. The molecule has 0 saturated heterocycles. The van der Waals surface area contributed by atoms with Crippen molar-refractivity contribution in [2.45, 2.75) is 43.7 Å². The molecule has 0 aliphatic rings. The number of carbonyl (C=O) groups is 2. The lowest BCUT2D eigenvalue weighted by atomic mass is 10.0. The average molecular weight is 602 g/mol. The summed E-state index contributed by atoms with van der Waals surface area (Å²) in [5.74, 6) is -1.44. The van der Waals surface area contributed by atoms with Crippen LogP contribution in [0.25, 0.3) is 0 Å². The first-order valence-corrected chi connectivity index (χ1v) is 15.7. The van der Waals surface area contributed by atoms with Gasteiger partial charge in [-0.3, -0.25) is 13.9 Å². The summed E-state index contributed by atoms with van der Waals surface area (Å²) < 4.78 is 42.4. The van der Waals surface area contributed by atoms with E-state index in [1.807, 2.05) is 67.6 Å². The van der Waals surface area contributed by atoms with E-state index in [4.69, 9.17) is 0 Å². The molecule has 4 rings (SSSR count). The van der Waals surface area contributed by atoms with Crippen LogP contribution in [-0.2, 0) is 32.6 Å². The summed E-state index contributed by atoms with van der Waals surface area (Å²) >= 11 is 0. The van der Waals surface area contributed by atoms with E-state index in [2.05, 4.69) is 5.32 Å². The van der Waals surface area contributed by atoms with Crippen molar-refractivity contribution < 1.29 is 22.4 Å². The van der Waals surface area contributed by atoms with Crippen LogP contribution in [0.15, 0.2) is 120 Å². The van der Waals surface area contributed by atoms with Crippen molar-refractivity contribution in [3.05, 3.63) is 132 Å². The van der Waals surface area contributed by atoms with Gasteiger partial charge >= 0.3 is 0 Å². The molecule has 0 heterocycles. The third-order valence-electron chi connectivity index (χ3n) is 7.02. The molecule has 0 saturated carbocycles. The van der Waals surface area contributed by atoms with Gasteiger partial charge in [0.15, 0.2) is 0 Å². The quantitative estimate of drug-likeness (QED) is 0.191. The zero-order valence-electron chi connectivity index (χ0n) is 24.1. The van der Waals surface area contributed by atoms with Crippen LogP contribution < -0.4 is 9.62 Å². The molecule has 4 aromatic carbocycles. The van der Waals surface area contributed by atoms with E-state index in [1.54, 1.807) is 30.3 Å². The zero-order chi connectivity index (χ0) is 30.7. The Morgan fingerprint density at radius 2 is 1.35 bits per heavy atom. The summed E-state index contributed by atoms with van der Waals surface area (Å²) in [6, 6.07) is 30.5. The summed E-state index contributed by atoms with van der Waals surface area (Å²) in [5.41, 5.74) is 1.93. The molecule has 2 amide bonds. The second-order valence-corrected chi connectivity index (χ2v) is 12.0. The fourth-order valence-corrected chi connectivity index (χ4v) is 6.11. The third-order valence-corrected chi connectivity index (χ3v) is 8.81. The summed E-state index contributed by atoms with van der Waals surface area (Å²) in [6.07, 6.45) is 1.92. The Kier molecular flexibility index (Phi) is 11.0. The van der Waals surface area contributed by atoms with E-state index < -0.39 is 34.3 Å². The van der Waals surface area contributed by atoms with E-state index in [-0.39, 0.29) is 29.5 Å². The maximum atomic E-state index is 14.3. The predicted molar refractivity (Wildman–Crippen MR) is 166 cm³/mol. The number of sulfonamides is 1. The number of para-hydroxylation sites is 1. The molecule has 0 aromatic heterocycles. The minimum Gasteiger partial charge on any atom is -0.354 e. The van der Waals surface area contributed by atoms with E-state index in [1.165, 1.54) is 17.0 Å². The fourth-order valence-electron chi connectivity index (χ4n) is 4.70. The molecule has 1 atom stereocenters. The molecule has 7 nitrogen and oxygen atoms in total. The maximum Gasteiger partial charge on any atom is 0.264 e. The minimum atomic E-state index is -4.28. The highest BCUT2D eigenvalue weighted by Gasteiger charge is 2.34. The van der Waals surface area contributed by atoms with Gasteiger partial charge < -0.3 is 10.2 Å². The van der Waals surface area contributed by atoms with E-state index in [0.717, 1.165) is 40.4 Å². The average Bonchev–Trinajstić information content (AvgIpc) is 3.03. The lowest BCUT2D eigenvalue weighted by molar-refractivity contribution is -0.140. The molecule has 0 fully saturated rings. The number of nitrogens with zero attached hydrogens (tertiary/aromatic N) is 2. The van der Waals surface area contributed by atoms with Crippen LogP contribution in [0.1, 0.15) is 30.9 Å². The molecule has 4 aromatic rings. The van der Waals surface area contributed by atoms with Crippen LogP contribution in [0.2, 0.25) is 0 Å². The molecule has 0 spiro atoms. The number of nitrogens with one attached hydrogen (secondary N) is 1. The number of unbranched alkanes of at least 4 members (excludes halogenated alkanes) is 1. The standard InChI is InChI=1S/C34H36FN3O4S/c1-2-3-23-36-34(40)32(24-27-13-7-4-8-14-27)37(25-28-15-9-5-10-16-28)33(39)26-38(30-17-11-6-12-18-30)43(41,42)31-21-19-29(35)20-22-31/h4-22,32H,2-3,23-26H2,1H3,(H,36,40)/t32-/m0/s1. The summed E-state index contributed by atoms with van der Waals surface area (Å²) in [6.45, 7) is 2.02. The maximum absolute atomic E-state index is 14.3. The van der Waals surface area contributed by atoms with Crippen molar-refractivity contribution in [3.63, 3.8) is 0 Å². The van der Waals surface area contributed by atoms with Gasteiger partial charge in [0.1, 0.15) is 18.4 Å². The number of hydrogen-bond donors (Lipinski definition) is 1. The molecule has 0 unspecified atom stereocenters. The summed E-state index contributed by atoms with van der Waals surface area (Å²) in [5, 5.41) is 2.97. The van der Waals surface area contributed by atoms with E-state index in [0.29, 0.717) is 6.54 Å². The lowest BCUT2D eigenvalue weighted by Crippen LogP contribution is -2.53. The Morgan fingerprint density at radius 3 is 1.93 bits per heavy atom. The number of rotatable bonds is 14. The molecule has 224 valence electrons. The van der Waals surface area contributed by atoms with Crippen molar-refractivity contribution in [1.29, 1.82) is 0 Å². The molecular weight excluding hydrogens is 565 g/mol. The molecule has 0 bridgehead atoms. The van der Waals surface area contributed by atoms with Gasteiger partial charge in [-0.1, -0.05) is 92.2 Å². The van der Waals surface area contributed by atoms with E-state index >= 15 is 0 Å². The number of hydrogen-bond acceptors (Lipinski definition) is 4. The fraction of sp³-hybridized carbons (Fsp3) is 0.235. The third kappa shape index (κ3) is 8.51. The highest BCUT2D eigenvalue weighted by molar-refractivity contribution is 7.92.